The van der Waals surface area contributed by atoms with Gasteiger partial charge in [0.15, 0.2) is 0 Å². The molecule has 126 valence electrons. The number of carbonyl (C=O) groups is 2. The van der Waals surface area contributed by atoms with Gasteiger partial charge in [-0.05, 0) is 31.2 Å². The molecule has 1 aromatic carbocycles. The lowest BCUT2D eigenvalue weighted by Gasteiger charge is -2.20. The second kappa shape index (κ2) is 8.82. The molecule has 1 unspecified atom stereocenters. The fourth-order valence-electron chi connectivity index (χ4n) is 2.32. The van der Waals surface area contributed by atoms with Crippen molar-refractivity contribution in [2.75, 3.05) is 13.6 Å². The Kier molecular flexibility index (Phi) is 6.49. The average molecular weight is 325 g/mol. The molecule has 24 heavy (non-hydrogen) atoms. The van der Waals surface area contributed by atoms with E-state index in [4.69, 9.17) is 0 Å². The highest BCUT2D eigenvalue weighted by molar-refractivity contribution is 5.94. The smallest absolute Gasteiger partial charge is 0.251 e. The molecular weight excluding hydrogens is 302 g/mol. The van der Waals surface area contributed by atoms with Gasteiger partial charge in [0.05, 0.1) is 0 Å². The van der Waals surface area contributed by atoms with Gasteiger partial charge in [0.1, 0.15) is 0 Å². The van der Waals surface area contributed by atoms with Crippen molar-refractivity contribution in [3.8, 4) is 0 Å². The molecule has 1 aromatic heterocycles. The first-order valence-corrected chi connectivity index (χ1v) is 8.06. The number of amides is 2. The van der Waals surface area contributed by atoms with Crippen molar-refractivity contribution in [3.05, 3.63) is 66.0 Å². The van der Waals surface area contributed by atoms with Gasteiger partial charge in [-0.15, -0.1) is 0 Å². The zero-order valence-corrected chi connectivity index (χ0v) is 14.1. The van der Waals surface area contributed by atoms with E-state index in [1.54, 1.807) is 30.3 Å². The molecule has 0 bridgehead atoms. The predicted molar refractivity (Wildman–Crippen MR) is 93.6 cm³/mol. The van der Waals surface area contributed by atoms with E-state index in [-0.39, 0.29) is 24.3 Å². The quantitative estimate of drug-likeness (QED) is 0.849. The van der Waals surface area contributed by atoms with Crippen LogP contribution in [0.3, 0.4) is 0 Å². The molecule has 0 aliphatic heterocycles. The van der Waals surface area contributed by atoms with Crippen LogP contribution in [0.15, 0.2) is 54.7 Å². The number of nitrogens with zero attached hydrogens (tertiary/aromatic N) is 2. The summed E-state index contributed by atoms with van der Waals surface area (Å²) in [5.74, 6) is -0.154. The van der Waals surface area contributed by atoms with E-state index in [1.165, 1.54) is 0 Å². The standard InChI is InChI=1S/C19H23N3O2/c1-15(21-19(24)16-8-4-3-5-9-16)14-18(23)22(2)13-11-17-10-6-7-12-20-17/h3-10,12,15H,11,13-14H2,1-2H3,(H,21,24). The normalized spacial score (nSPS) is 11.6. The second-order valence-corrected chi connectivity index (χ2v) is 5.83. The monoisotopic (exact) mass is 325 g/mol. The largest absolute Gasteiger partial charge is 0.349 e. The number of benzene rings is 1. The van der Waals surface area contributed by atoms with E-state index in [2.05, 4.69) is 10.3 Å². The third-order valence-corrected chi connectivity index (χ3v) is 3.75. The Morgan fingerprint density at radius 1 is 1.12 bits per heavy atom. The van der Waals surface area contributed by atoms with E-state index >= 15 is 0 Å². The van der Waals surface area contributed by atoms with Crippen LogP contribution in [-0.4, -0.2) is 41.3 Å². The lowest BCUT2D eigenvalue weighted by atomic mass is 10.1. The van der Waals surface area contributed by atoms with E-state index in [0.717, 1.165) is 5.69 Å². The van der Waals surface area contributed by atoms with Crippen LogP contribution in [0.5, 0.6) is 0 Å². The van der Waals surface area contributed by atoms with Gasteiger partial charge in [-0.2, -0.15) is 0 Å². The molecule has 1 heterocycles. The van der Waals surface area contributed by atoms with Crippen LogP contribution in [0.25, 0.3) is 0 Å². The molecule has 0 aliphatic rings. The summed E-state index contributed by atoms with van der Waals surface area (Å²) in [5.41, 5.74) is 1.56. The number of aromatic nitrogens is 1. The Hall–Kier alpha value is -2.69. The van der Waals surface area contributed by atoms with Crippen LogP contribution in [0, 0.1) is 0 Å². The Balaban J connectivity index is 1.77. The Morgan fingerprint density at radius 3 is 2.50 bits per heavy atom. The third kappa shape index (κ3) is 5.50. The molecule has 5 heteroatoms. The Labute approximate surface area is 142 Å². The fourth-order valence-corrected chi connectivity index (χ4v) is 2.32. The van der Waals surface area contributed by atoms with Gasteiger partial charge in [0.25, 0.3) is 5.91 Å². The van der Waals surface area contributed by atoms with Crippen molar-refractivity contribution < 1.29 is 9.59 Å². The minimum absolute atomic E-state index is 0.00629. The number of nitrogens with one attached hydrogen (secondary N) is 1. The third-order valence-electron chi connectivity index (χ3n) is 3.75. The first-order valence-electron chi connectivity index (χ1n) is 8.06. The van der Waals surface area contributed by atoms with E-state index < -0.39 is 0 Å². The molecule has 1 atom stereocenters. The molecule has 2 rings (SSSR count). The molecule has 2 amide bonds. The van der Waals surface area contributed by atoms with Gasteiger partial charge in [0, 0.05) is 49.9 Å². The molecule has 2 aromatic rings. The number of hydrogen-bond donors (Lipinski definition) is 1. The summed E-state index contributed by atoms with van der Waals surface area (Å²) < 4.78 is 0. The maximum Gasteiger partial charge on any atom is 0.251 e. The van der Waals surface area contributed by atoms with Crippen molar-refractivity contribution >= 4 is 11.8 Å². The van der Waals surface area contributed by atoms with Crippen molar-refractivity contribution in [1.29, 1.82) is 0 Å². The predicted octanol–water partition coefficient (Wildman–Crippen LogP) is 2.29. The van der Waals surface area contributed by atoms with E-state index in [0.29, 0.717) is 18.5 Å². The fraction of sp³-hybridized carbons (Fsp3) is 0.316. The maximum atomic E-state index is 12.2. The molecule has 0 spiro atoms. The van der Waals surface area contributed by atoms with Crippen LogP contribution >= 0.6 is 0 Å². The van der Waals surface area contributed by atoms with Crippen LogP contribution in [-0.2, 0) is 11.2 Å². The van der Waals surface area contributed by atoms with Gasteiger partial charge < -0.3 is 10.2 Å². The SMILES string of the molecule is CC(CC(=O)N(C)CCc1ccccn1)NC(=O)c1ccccc1. The summed E-state index contributed by atoms with van der Waals surface area (Å²) in [6.45, 7) is 2.44. The van der Waals surface area contributed by atoms with Crippen molar-refractivity contribution in [2.45, 2.75) is 25.8 Å². The summed E-state index contributed by atoms with van der Waals surface area (Å²) in [6, 6.07) is 14.5. The molecule has 0 fully saturated rings. The average Bonchev–Trinajstić information content (AvgIpc) is 2.61. The maximum absolute atomic E-state index is 12.2. The zero-order chi connectivity index (χ0) is 17.4. The number of likely N-dealkylation sites (N-methyl/N-ethyl adjacent to an activating group) is 1. The van der Waals surface area contributed by atoms with Gasteiger partial charge in [-0.25, -0.2) is 0 Å². The highest BCUT2D eigenvalue weighted by Crippen LogP contribution is 2.03. The molecule has 0 radical (unpaired) electrons. The Bertz CT molecular complexity index is 659. The van der Waals surface area contributed by atoms with Gasteiger partial charge in [-0.3, -0.25) is 14.6 Å². The van der Waals surface area contributed by atoms with Crippen LogP contribution in [0.4, 0.5) is 0 Å². The molecule has 0 saturated carbocycles. The van der Waals surface area contributed by atoms with Crippen molar-refractivity contribution in [3.63, 3.8) is 0 Å². The highest BCUT2D eigenvalue weighted by atomic mass is 16.2. The highest BCUT2D eigenvalue weighted by Gasteiger charge is 2.16. The van der Waals surface area contributed by atoms with Crippen LogP contribution in [0.1, 0.15) is 29.4 Å². The van der Waals surface area contributed by atoms with Crippen LogP contribution < -0.4 is 5.32 Å². The number of carbonyl (C=O) groups excluding carboxylic acids is 2. The summed E-state index contributed by atoms with van der Waals surface area (Å²) in [4.78, 5) is 30.2. The van der Waals surface area contributed by atoms with Gasteiger partial charge in [-0.1, -0.05) is 24.3 Å². The van der Waals surface area contributed by atoms with Gasteiger partial charge >= 0.3 is 0 Å². The molecule has 0 saturated heterocycles. The molecule has 5 nitrogen and oxygen atoms in total. The van der Waals surface area contributed by atoms with Gasteiger partial charge in [0.2, 0.25) is 5.91 Å². The number of rotatable bonds is 7. The summed E-state index contributed by atoms with van der Waals surface area (Å²) >= 11 is 0. The second-order valence-electron chi connectivity index (χ2n) is 5.83. The topological polar surface area (TPSA) is 62.3 Å². The number of pyridine rings is 1. The summed E-state index contributed by atoms with van der Waals surface area (Å²) in [6.07, 6.45) is 2.74. The van der Waals surface area contributed by atoms with Crippen LogP contribution in [0.2, 0.25) is 0 Å². The summed E-state index contributed by atoms with van der Waals surface area (Å²) in [7, 11) is 1.77. The minimum atomic E-state index is -0.220. The van der Waals surface area contributed by atoms with E-state index in [1.807, 2.05) is 43.3 Å². The van der Waals surface area contributed by atoms with Crippen molar-refractivity contribution in [2.24, 2.45) is 0 Å². The number of hydrogen-bond acceptors (Lipinski definition) is 3. The Morgan fingerprint density at radius 2 is 1.83 bits per heavy atom. The first-order chi connectivity index (χ1) is 11.6. The lowest BCUT2D eigenvalue weighted by molar-refractivity contribution is -0.130. The zero-order valence-electron chi connectivity index (χ0n) is 14.1. The summed E-state index contributed by atoms with van der Waals surface area (Å²) in [5, 5.41) is 2.86. The van der Waals surface area contributed by atoms with Crippen molar-refractivity contribution in [1.82, 2.24) is 15.2 Å². The minimum Gasteiger partial charge on any atom is -0.349 e. The lowest BCUT2D eigenvalue weighted by Crippen LogP contribution is -2.38. The first kappa shape index (κ1) is 17.7. The molecular formula is C19H23N3O2. The van der Waals surface area contributed by atoms with E-state index in [9.17, 15) is 9.59 Å². The molecule has 1 N–H and O–H groups in total. The molecule has 0 aliphatic carbocycles.